The van der Waals surface area contributed by atoms with Crippen LogP contribution in [-0.2, 0) is 6.42 Å². The lowest BCUT2D eigenvalue weighted by atomic mass is 10.0. The number of aromatic nitrogens is 3. The van der Waals surface area contributed by atoms with Crippen molar-refractivity contribution in [2.24, 2.45) is 0 Å². The van der Waals surface area contributed by atoms with Crippen molar-refractivity contribution in [2.75, 3.05) is 0 Å². The Balaban J connectivity index is 1.37. The fourth-order valence-electron chi connectivity index (χ4n) is 7.00. The quantitative estimate of drug-likeness (QED) is 0.208. The molecule has 9 aromatic rings. The topological polar surface area (TPSA) is 43.9 Å². The molecule has 0 N–H and O–H groups in total. The first-order valence-corrected chi connectivity index (χ1v) is 15.5. The largest absolute Gasteiger partial charge is 0.454 e. The Morgan fingerprint density at radius 1 is 0.698 bits per heavy atom. The van der Waals surface area contributed by atoms with Gasteiger partial charge in [-0.15, -0.1) is 11.3 Å². The van der Waals surface area contributed by atoms with E-state index in [2.05, 4.69) is 108 Å². The molecule has 0 saturated heterocycles. The number of allylic oxidation sites excluding steroid dienone is 1. The third-order valence-corrected chi connectivity index (χ3v) is 10.1. The average molecular weight is 570 g/mol. The van der Waals surface area contributed by atoms with Crippen LogP contribution < -0.4 is 0 Å². The number of aryl methyl sites for hydroxylation is 1. The lowest BCUT2D eigenvalue weighted by molar-refractivity contribution is 0.670. The zero-order valence-corrected chi connectivity index (χ0v) is 23.9. The lowest BCUT2D eigenvalue weighted by Crippen LogP contribution is -2.06. The maximum absolute atomic E-state index is 6.60. The van der Waals surface area contributed by atoms with Crippen molar-refractivity contribution in [1.82, 2.24) is 14.5 Å². The number of rotatable bonds is 2. The highest BCUT2D eigenvalue weighted by Gasteiger charge is 2.25. The van der Waals surface area contributed by atoms with Crippen LogP contribution in [0.1, 0.15) is 17.7 Å². The molecule has 1 aliphatic rings. The minimum Gasteiger partial charge on any atom is -0.454 e. The van der Waals surface area contributed by atoms with E-state index in [4.69, 9.17) is 14.4 Å². The zero-order chi connectivity index (χ0) is 28.1. The van der Waals surface area contributed by atoms with Gasteiger partial charge in [0.05, 0.1) is 16.9 Å². The van der Waals surface area contributed by atoms with Crippen LogP contribution in [0.2, 0.25) is 0 Å². The molecule has 4 aromatic heterocycles. The third kappa shape index (κ3) is 3.20. The van der Waals surface area contributed by atoms with Crippen molar-refractivity contribution >= 4 is 81.3 Å². The van der Waals surface area contributed by atoms with Crippen molar-refractivity contribution in [2.45, 2.75) is 12.8 Å². The van der Waals surface area contributed by atoms with E-state index < -0.39 is 0 Å². The summed E-state index contributed by atoms with van der Waals surface area (Å²) in [6.07, 6.45) is 6.48. The maximum atomic E-state index is 6.60. The molecule has 0 bridgehead atoms. The van der Waals surface area contributed by atoms with Gasteiger partial charge in [0, 0.05) is 47.3 Å². The van der Waals surface area contributed by atoms with Gasteiger partial charge >= 0.3 is 0 Å². The minimum absolute atomic E-state index is 0.664. The Labute approximate surface area is 250 Å². The molecule has 0 atom stereocenters. The van der Waals surface area contributed by atoms with E-state index in [1.807, 2.05) is 23.5 Å². The Hall–Kier alpha value is -5.26. The molecule has 0 aliphatic heterocycles. The average Bonchev–Trinajstić information content (AvgIpc) is 3.74. The van der Waals surface area contributed by atoms with Gasteiger partial charge in [0.2, 0.25) is 5.95 Å². The number of hydrogen-bond donors (Lipinski definition) is 0. The number of furan rings is 1. The van der Waals surface area contributed by atoms with Gasteiger partial charge in [-0.3, -0.25) is 4.57 Å². The van der Waals surface area contributed by atoms with E-state index >= 15 is 0 Å². The summed E-state index contributed by atoms with van der Waals surface area (Å²) in [5.74, 6) is 0.664. The molecule has 4 heterocycles. The molecule has 5 heteroatoms. The number of nitrogens with zero attached hydrogens (tertiary/aromatic N) is 3. The summed E-state index contributed by atoms with van der Waals surface area (Å²) < 4.78 is 11.3. The zero-order valence-electron chi connectivity index (χ0n) is 23.0. The second kappa shape index (κ2) is 8.63. The van der Waals surface area contributed by atoms with Gasteiger partial charge in [0.15, 0.2) is 5.58 Å². The molecule has 0 saturated carbocycles. The molecule has 202 valence electrons. The lowest BCUT2D eigenvalue weighted by Gasteiger charge is -2.14. The van der Waals surface area contributed by atoms with Gasteiger partial charge in [-0.2, -0.15) is 0 Å². The first-order valence-electron chi connectivity index (χ1n) is 14.7. The third-order valence-electron chi connectivity index (χ3n) is 8.90. The van der Waals surface area contributed by atoms with Crippen LogP contribution in [0.4, 0.5) is 0 Å². The van der Waals surface area contributed by atoms with Gasteiger partial charge < -0.3 is 4.42 Å². The monoisotopic (exact) mass is 569 g/mol. The molecule has 10 rings (SSSR count). The summed E-state index contributed by atoms with van der Waals surface area (Å²) in [6, 6.07) is 36.3. The summed E-state index contributed by atoms with van der Waals surface area (Å²) in [6.45, 7) is 0. The van der Waals surface area contributed by atoms with Crippen molar-refractivity contribution in [3.63, 3.8) is 0 Å². The molecule has 1 aliphatic carbocycles. The maximum Gasteiger partial charge on any atom is 0.235 e. The van der Waals surface area contributed by atoms with E-state index in [1.54, 1.807) is 0 Å². The smallest absolute Gasteiger partial charge is 0.235 e. The molecule has 4 nitrogen and oxygen atoms in total. The summed E-state index contributed by atoms with van der Waals surface area (Å²) >= 11 is 1.82. The van der Waals surface area contributed by atoms with Crippen molar-refractivity contribution < 1.29 is 4.42 Å². The molecule has 5 aromatic carbocycles. The molecule has 0 amide bonds. The number of benzene rings is 5. The number of fused-ring (bicyclic) bond motifs is 12. The first kappa shape index (κ1) is 23.3. The predicted molar refractivity (Wildman–Crippen MR) is 179 cm³/mol. The van der Waals surface area contributed by atoms with Crippen LogP contribution in [0.15, 0.2) is 114 Å². The van der Waals surface area contributed by atoms with E-state index in [9.17, 15) is 0 Å². The van der Waals surface area contributed by atoms with Crippen LogP contribution in [-0.4, -0.2) is 14.5 Å². The van der Waals surface area contributed by atoms with Crippen molar-refractivity contribution in [1.29, 1.82) is 0 Å². The number of para-hydroxylation sites is 1. The Kier molecular flexibility index (Phi) is 4.68. The van der Waals surface area contributed by atoms with Gasteiger partial charge in [-0.25, -0.2) is 9.97 Å². The summed E-state index contributed by atoms with van der Waals surface area (Å²) in [4.78, 5) is 10.8. The number of thiophene rings is 1. The standard InChI is InChI=1S/C38H23N3OS/c1-2-10-22(11-3-1)34-33-29(21-20-28-25-14-6-9-17-32(25)43-37(28)33)39-38(40-34)41-30-15-7-4-12-23(30)26-18-19-27-24-13-5-8-16-31(24)42-36(27)35(26)41/h1-3,5-11,13-21H,4,12H2. The van der Waals surface area contributed by atoms with Gasteiger partial charge in [-0.1, -0.05) is 84.9 Å². The molecular weight excluding hydrogens is 547 g/mol. The van der Waals surface area contributed by atoms with Gasteiger partial charge in [-0.05, 0) is 48.7 Å². The van der Waals surface area contributed by atoms with E-state index in [1.165, 1.54) is 31.1 Å². The molecule has 0 spiro atoms. The van der Waals surface area contributed by atoms with Gasteiger partial charge in [0.25, 0.3) is 0 Å². The number of hydrogen-bond acceptors (Lipinski definition) is 4. The van der Waals surface area contributed by atoms with Crippen LogP contribution in [0.3, 0.4) is 0 Å². The van der Waals surface area contributed by atoms with Crippen LogP contribution in [0, 0.1) is 0 Å². The van der Waals surface area contributed by atoms with Crippen LogP contribution in [0.25, 0.3) is 87.2 Å². The predicted octanol–water partition coefficient (Wildman–Crippen LogP) is 10.5. The van der Waals surface area contributed by atoms with E-state index in [0.29, 0.717) is 5.95 Å². The highest BCUT2D eigenvalue weighted by Crippen LogP contribution is 2.44. The fraction of sp³-hybridized carbons (Fsp3) is 0.0526. The summed E-state index contributed by atoms with van der Waals surface area (Å²) in [5.41, 5.74) is 8.23. The van der Waals surface area contributed by atoms with Crippen LogP contribution >= 0.6 is 11.3 Å². The first-order chi connectivity index (χ1) is 21.3. The molecule has 43 heavy (non-hydrogen) atoms. The summed E-state index contributed by atoms with van der Waals surface area (Å²) in [5, 5.41) is 7.06. The Morgan fingerprint density at radius 2 is 1.49 bits per heavy atom. The fourth-order valence-corrected chi connectivity index (χ4v) is 8.24. The normalized spacial score (nSPS) is 13.3. The SMILES string of the molecule is C1=Cc2c(c3ccc4c5ccccc5oc4c3n2-c2nc(-c3ccccc3)c3c(ccc4c5ccccc5sc43)n2)CC1. The molecule has 0 radical (unpaired) electrons. The molecule has 0 unspecified atom stereocenters. The van der Waals surface area contributed by atoms with Gasteiger partial charge in [0.1, 0.15) is 11.1 Å². The minimum atomic E-state index is 0.664. The van der Waals surface area contributed by atoms with Crippen LogP contribution in [0.5, 0.6) is 0 Å². The molecule has 0 fully saturated rings. The Morgan fingerprint density at radius 3 is 2.42 bits per heavy atom. The second-order valence-corrected chi connectivity index (χ2v) is 12.3. The summed E-state index contributed by atoms with van der Waals surface area (Å²) in [7, 11) is 0. The highest BCUT2D eigenvalue weighted by molar-refractivity contribution is 7.26. The van der Waals surface area contributed by atoms with Crippen molar-refractivity contribution in [3.8, 4) is 17.2 Å². The van der Waals surface area contributed by atoms with E-state index in [0.717, 1.165) is 68.2 Å². The molecular formula is C38H23N3OS. The Bertz CT molecular complexity index is 2620. The highest BCUT2D eigenvalue weighted by atomic mass is 32.1. The second-order valence-electron chi connectivity index (χ2n) is 11.2. The van der Waals surface area contributed by atoms with Crippen molar-refractivity contribution in [3.05, 3.63) is 120 Å². The van der Waals surface area contributed by atoms with E-state index in [-0.39, 0.29) is 0 Å².